The lowest BCUT2D eigenvalue weighted by molar-refractivity contribution is 0.377. The van der Waals surface area contributed by atoms with E-state index in [4.69, 9.17) is 10.3 Å². The maximum atomic E-state index is 11.7. The van der Waals surface area contributed by atoms with Crippen LogP contribution in [-0.4, -0.2) is 32.2 Å². The molecular formula is C12H17N5O3S. The molecule has 0 saturated heterocycles. The fraction of sp³-hybridized carbons (Fsp3) is 0.333. The molecule has 1 aromatic carbocycles. The molecule has 0 amide bonds. The van der Waals surface area contributed by atoms with Crippen molar-refractivity contribution in [3.63, 3.8) is 0 Å². The van der Waals surface area contributed by atoms with Crippen LogP contribution in [0.4, 0.5) is 11.4 Å². The number of hydrogen-bond acceptors (Lipinski definition) is 7. The molecular weight excluding hydrogens is 294 g/mol. The van der Waals surface area contributed by atoms with Gasteiger partial charge in [-0.15, -0.1) is 0 Å². The number of nitrogens with two attached hydrogens (primary N) is 1. The number of anilines is 2. The summed E-state index contributed by atoms with van der Waals surface area (Å²) in [6.45, 7) is 2.24. The maximum absolute atomic E-state index is 11.7. The van der Waals surface area contributed by atoms with Crippen LogP contribution in [-0.2, 0) is 16.4 Å². The van der Waals surface area contributed by atoms with E-state index in [1.54, 1.807) is 13.0 Å². The molecule has 0 aliphatic heterocycles. The average molecular weight is 311 g/mol. The molecule has 0 radical (unpaired) electrons. The van der Waals surface area contributed by atoms with Gasteiger partial charge in [0.05, 0.1) is 16.3 Å². The third-order valence-electron chi connectivity index (χ3n) is 2.83. The van der Waals surface area contributed by atoms with Gasteiger partial charge in [-0.2, -0.15) is 4.98 Å². The first-order valence-corrected chi connectivity index (χ1v) is 7.77. The minimum absolute atomic E-state index is 0.148. The topological polar surface area (TPSA) is 123 Å². The fourth-order valence-electron chi connectivity index (χ4n) is 1.72. The molecule has 2 rings (SSSR count). The van der Waals surface area contributed by atoms with Crippen LogP contribution >= 0.6 is 0 Å². The van der Waals surface area contributed by atoms with Crippen LogP contribution in [0.15, 0.2) is 27.6 Å². The van der Waals surface area contributed by atoms with E-state index in [1.165, 1.54) is 19.2 Å². The Morgan fingerprint density at radius 3 is 2.76 bits per heavy atom. The van der Waals surface area contributed by atoms with Crippen molar-refractivity contribution in [1.82, 2.24) is 14.9 Å². The van der Waals surface area contributed by atoms with Gasteiger partial charge in [0.1, 0.15) is 0 Å². The van der Waals surface area contributed by atoms with Crippen molar-refractivity contribution in [3.8, 4) is 0 Å². The second-order valence-electron chi connectivity index (χ2n) is 4.37. The summed E-state index contributed by atoms with van der Waals surface area (Å²) in [6, 6.07) is 4.48. The number of hydrogen-bond donors (Lipinski definition) is 3. The van der Waals surface area contributed by atoms with Crippen LogP contribution in [0, 0.1) is 6.92 Å². The minimum Gasteiger partial charge on any atom is -0.397 e. The normalized spacial score (nSPS) is 11.5. The molecule has 0 saturated carbocycles. The summed E-state index contributed by atoms with van der Waals surface area (Å²) in [5, 5.41) is 6.75. The Balaban J connectivity index is 2.07. The van der Waals surface area contributed by atoms with Gasteiger partial charge < -0.3 is 15.6 Å². The standard InChI is InChI=1S/C12H17N5O3S/c1-8-16-12(20-17-8)5-6-15-11-7-9(3-4-10(11)13)21(18,19)14-2/h3-4,7,14-15H,5-6,13H2,1-2H3. The molecule has 0 aliphatic rings. The van der Waals surface area contributed by atoms with Crippen LogP contribution in [0.5, 0.6) is 0 Å². The highest BCUT2D eigenvalue weighted by Crippen LogP contribution is 2.22. The SMILES string of the molecule is CNS(=O)(=O)c1ccc(N)c(NCCc2nc(C)no2)c1. The van der Waals surface area contributed by atoms with Crippen molar-refractivity contribution in [1.29, 1.82) is 0 Å². The van der Waals surface area contributed by atoms with E-state index in [0.717, 1.165) is 0 Å². The molecule has 9 heteroatoms. The number of nitrogen functional groups attached to an aromatic ring is 1. The van der Waals surface area contributed by atoms with E-state index < -0.39 is 10.0 Å². The van der Waals surface area contributed by atoms with Crippen molar-refractivity contribution < 1.29 is 12.9 Å². The van der Waals surface area contributed by atoms with Gasteiger partial charge in [-0.25, -0.2) is 13.1 Å². The summed E-state index contributed by atoms with van der Waals surface area (Å²) in [4.78, 5) is 4.23. The number of benzene rings is 1. The molecule has 2 aromatic rings. The van der Waals surface area contributed by atoms with Gasteiger partial charge in [0.25, 0.3) is 0 Å². The summed E-state index contributed by atoms with van der Waals surface area (Å²) < 4.78 is 30.7. The smallest absolute Gasteiger partial charge is 0.240 e. The minimum atomic E-state index is -3.50. The van der Waals surface area contributed by atoms with E-state index in [0.29, 0.717) is 36.1 Å². The summed E-state index contributed by atoms with van der Waals surface area (Å²) in [7, 11) is -2.14. The maximum Gasteiger partial charge on any atom is 0.240 e. The largest absolute Gasteiger partial charge is 0.397 e. The molecule has 1 aromatic heterocycles. The predicted molar refractivity (Wildman–Crippen MR) is 78.3 cm³/mol. The van der Waals surface area contributed by atoms with E-state index >= 15 is 0 Å². The highest BCUT2D eigenvalue weighted by atomic mass is 32.2. The van der Waals surface area contributed by atoms with E-state index in [2.05, 4.69) is 20.2 Å². The molecule has 4 N–H and O–H groups in total. The van der Waals surface area contributed by atoms with Crippen LogP contribution in [0.3, 0.4) is 0 Å². The molecule has 0 fully saturated rings. The molecule has 0 unspecified atom stereocenters. The van der Waals surface area contributed by atoms with Crippen molar-refractivity contribution >= 4 is 21.4 Å². The summed E-state index contributed by atoms with van der Waals surface area (Å²) in [6.07, 6.45) is 0.517. The van der Waals surface area contributed by atoms with Crippen LogP contribution in [0.25, 0.3) is 0 Å². The fourth-order valence-corrected chi connectivity index (χ4v) is 2.48. The van der Waals surface area contributed by atoms with E-state index in [1.807, 2.05) is 0 Å². The Kier molecular flexibility index (Phi) is 4.43. The number of nitrogens with zero attached hydrogens (tertiary/aromatic N) is 2. The predicted octanol–water partition coefficient (Wildman–Crippen LogP) is 0.523. The first kappa shape index (κ1) is 15.3. The Bertz CT molecular complexity index is 726. The van der Waals surface area contributed by atoms with Crippen molar-refractivity contribution in [2.75, 3.05) is 24.6 Å². The average Bonchev–Trinajstić information content (AvgIpc) is 2.86. The Hall–Kier alpha value is -2.13. The number of aromatic nitrogens is 2. The quantitative estimate of drug-likeness (QED) is 0.664. The van der Waals surface area contributed by atoms with Gasteiger partial charge in [-0.05, 0) is 32.2 Å². The van der Waals surface area contributed by atoms with Gasteiger partial charge >= 0.3 is 0 Å². The first-order valence-electron chi connectivity index (χ1n) is 6.28. The van der Waals surface area contributed by atoms with Crippen molar-refractivity contribution in [2.24, 2.45) is 0 Å². The molecule has 0 spiro atoms. The molecule has 21 heavy (non-hydrogen) atoms. The van der Waals surface area contributed by atoms with Gasteiger partial charge in [0.15, 0.2) is 5.82 Å². The highest BCUT2D eigenvalue weighted by molar-refractivity contribution is 7.89. The Morgan fingerprint density at radius 1 is 1.38 bits per heavy atom. The number of sulfonamides is 1. The Morgan fingerprint density at radius 2 is 2.14 bits per heavy atom. The second kappa shape index (κ2) is 6.10. The zero-order valence-electron chi connectivity index (χ0n) is 11.8. The second-order valence-corrected chi connectivity index (χ2v) is 6.26. The zero-order chi connectivity index (χ0) is 15.5. The highest BCUT2D eigenvalue weighted by Gasteiger charge is 2.13. The molecule has 0 atom stereocenters. The number of rotatable bonds is 6. The molecule has 0 aliphatic carbocycles. The lowest BCUT2D eigenvalue weighted by Crippen LogP contribution is -2.19. The summed E-state index contributed by atoms with van der Waals surface area (Å²) in [5.74, 6) is 1.09. The number of aryl methyl sites for hydroxylation is 1. The van der Waals surface area contributed by atoms with Crippen molar-refractivity contribution in [3.05, 3.63) is 29.9 Å². The molecule has 0 bridgehead atoms. The van der Waals surface area contributed by atoms with Crippen LogP contribution in [0.2, 0.25) is 0 Å². The van der Waals surface area contributed by atoms with Crippen molar-refractivity contribution in [2.45, 2.75) is 18.2 Å². The van der Waals surface area contributed by atoms with Gasteiger partial charge in [-0.3, -0.25) is 0 Å². The third-order valence-corrected chi connectivity index (χ3v) is 4.24. The summed E-state index contributed by atoms with van der Waals surface area (Å²) >= 11 is 0. The first-order chi connectivity index (χ1) is 9.92. The molecule has 114 valence electrons. The number of nitrogens with one attached hydrogen (secondary N) is 2. The van der Waals surface area contributed by atoms with E-state index in [-0.39, 0.29) is 4.90 Å². The Labute approximate surface area is 122 Å². The van der Waals surface area contributed by atoms with Gasteiger partial charge in [0.2, 0.25) is 15.9 Å². The lowest BCUT2D eigenvalue weighted by Gasteiger charge is -2.10. The van der Waals surface area contributed by atoms with Gasteiger partial charge in [-0.1, -0.05) is 5.16 Å². The van der Waals surface area contributed by atoms with Crippen LogP contribution in [0.1, 0.15) is 11.7 Å². The molecule has 1 heterocycles. The molecule has 8 nitrogen and oxygen atoms in total. The van der Waals surface area contributed by atoms with Gasteiger partial charge in [0, 0.05) is 13.0 Å². The summed E-state index contributed by atoms with van der Waals surface area (Å²) in [5.41, 5.74) is 6.84. The van der Waals surface area contributed by atoms with E-state index in [9.17, 15) is 8.42 Å². The third kappa shape index (κ3) is 3.70. The zero-order valence-corrected chi connectivity index (χ0v) is 12.6. The van der Waals surface area contributed by atoms with Crippen LogP contribution < -0.4 is 15.8 Å². The lowest BCUT2D eigenvalue weighted by atomic mass is 10.2. The monoisotopic (exact) mass is 311 g/mol.